The zero-order valence-electron chi connectivity index (χ0n) is 9.80. The molecule has 5 nitrogen and oxygen atoms in total. The highest BCUT2D eigenvalue weighted by Crippen LogP contribution is 2.36. The van der Waals surface area contributed by atoms with E-state index in [0.717, 1.165) is 0 Å². The molecule has 0 aliphatic heterocycles. The van der Waals surface area contributed by atoms with Crippen molar-refractivity contribution in [2.24, 2.45) is 0 Å². The number of benzene rings is 1. The molecule has 1 amide bonds. The van der Waals surface area contributed by atoms with E-state index in [-0.39, 0.29) is 5.56 Å². The Morgan fingerprint density at radius 3 is 2.55 bits per heavy atom. The van der Waals surface area contributed by atoms with Crippen molar-refractivity contribution in [2.45, 2.75) is 9.96 Å². The molecule has 0 fully saturated rings. The second-order valence-electron chi connectivity index (χ2n) is 3.77. The van der Waals surface area contributed by atoms with Gasteiger partial charge in [0.2, 0.25) is 3.79 Å². The molecule has 1 N–H and O–H groups in total. The molecular formula is C11H8Cl4N4O. The van der Waals surface area contributed by atoms with E-state index in [4.69, 9.17) is 46.4 Å². The van der Waals surface area contributed by atoms with Crippen LogP contribution in [0.5, 0.6) is 0 Å². The van der Waals surface area contributed by atoms with Gasteiger partial charge < -0.3 is 5.32 Å². The van der Waals surface area contributed by atoms with Crippen LogP contribution in [0.3, 0.4) is 0 Å². The van der Waals surface area contributed by atoms with E-state index in [1.807, 2.05) is 0 Å². The van der Waals surface area contributed by atoms with Crippen molar-refractivity contribution in [3.8, 4) is 0 Å². The summed E-state index contributed by atoms with van der Waals surface area (Å²) in [5.74, 6) is -0.484. The van der Waals surface area contributed by atoms with Gasteiger partial charge in [-0.1, -0.05) is 58.5 Å². The van der Waals surface area contributed by atoms with Crippen molar-refractivity contribution in [3.05, 3.63) is 47.5 Å². The van der Waals surface area contributed by atoms with Crippen LogP contribution in [0.4, 0.5) is 0 Å². The number of nitrogens with one attached hydrogen (secondary N) is 1. The topological polar surface area (TPSA) is 59.8 Å². The summed E-state index contributed by atoms with van der Waals surface area (Å²) >= 11 is 23.5. The van der Waals surface area contributed by atoms with Crippen LogP contribution in [0.1, 0.15) is 16.5 Å². The van der Waals surface area contributed by atoms with E-state index < -0.39 is 15.9 Å². The van der Waals surface area contributed by atoms with Crippen molar-refractivity contribution in [1.29, 1.82) is 0 Å². The first kappa shape index (κ1) is 15.4. The summed E-state index contributed by atoms with van der Waals surface area (Å²) in [6.07, 6.45) is 1.59. The largest absolute Gasteiger partial charge is 0.326 e. The van der Waals surface area contributed by atoms with Gasteiger partial charge in [0.1, 0.15) is 12.7 Å². The standard InChI is InChI=1S/C11H8Cl4N4O/c12-8-4-2-1-3-7(8)9(20)18-10(11(13,14)15)19-6-16-5-17-19/h1-6,10H,(H,18,20)/t10-/m1/s1. The Morgan fingerprint density at radius 2 is 2.00 bits per heavy atom. The Balaban J connectivity index is 2.26. The van der Waals surface area contributed by atoms with Crippen LogP contribution in [0.15, 0.2) is 36.9 Å². The highest BCUT2D eigenvalue weighted by Gasteiger charge is 2.36. The number of halogens is 4. The molecule has 0 aliphatic rings. The van der Waals surface area contributed by atoms with Crippen LogP contribution in [-0.4, -0.2) is 24.5 Å². The quantitative estimate of drug-likeness (QED) is 0.862. The molecule has 0 spiro atoms. The summed E-state index contributed by atoms with van der Waals surface area (Å²) in [7, 11) is 0. The molecule has 1 aromatic heterocycles. The van der Waals surface area contributed by atoms with Crippen molar-refractivity contribution >= 4 is 52.3 Å². The van der Waals surface area contributed by atoms with Crippen molar-refractivity contribution in [3.63, 3.8) is 0 Å². The molecular weight excluding hydrogens is 346 g/mol. The van der Waals surface area contributed by atoms with E-state index >= 15 is 0 Å². The molecule has 106 valence electrons. The number of amides is 1. The minimum absolute atomic E-state index is 0.272. The van der Waals surface area contributed by atoms with Gasteiger partial charge in [0.25, 0.3) is 5.91 Å². The summed E-state index contributed by atoms with van der Waals surface area (Å²) in [5.41, 5.74) is 0.272. The van der Waals surface area contributed by atoms with Gasteiger partial charge in [-0.3, -0.25) is 4.79 Å². The average Bonchev–Trinajstić information content (AvgIpc) is 2.88. The molecule has 0 unspecified atom stereocenters. The molecule has 1 aromatic carbocycles. The predicted octanol–water partition coefficient (Wildman–Crippen LogP) is 3.23. The predicted molar refractivity (Wildman–Crippen MR) is 78.3 cm³/mol. The van der Waals surface area contributed by atoms with Crippen LogP contribution in [-0.2, 0) is 0 Å². The average molecular weight is 354 g/mol. The maximum absolute atomic E-state index is 12.2. The van der Waals surface area contributed by atoms with Gasteiger partial charge in [0, 0.05) is 0 Å². The molecule has 0 radical (unpaired) electrons. The second-order valence-corrected chi connectivity index (χ2v) is 6.55. The van der Waals surface area contributed by atoms with Crippen LogP contribution in [0, 0.1) is 0 Å². The lowest BCUT2D eigenvalue weighted by molar-refractivity contribution is 0.0916. The molecule has 20 heavy (non-hydrogen) atoms. The number of carbonyl (C=O) groups is 1. The Bertz CT molecular complexity index is 597. The molecule has 0 saturated heterocycles. The van der Waals surface area contributed by atoms with Crippen molar-refractivity contribution < 1.29 is 4.79 Å². The highest BCUT2D eigenvalue weighted by atomic mass is 35.6. The van der Waals surface area contributed by atoms with Gasteiger partial charge in [-0.25, -0.2) is 9.67 Å². The fraction of sp³-hybridized carbons (Fsp3) is 0.182. The number of carbonyl (C=O) groups excluding carboxylic acids is 1. The molecule has 1 heterocycles. The van der Waals surface area contributed by atoms with Gasteiger partial charge in [-0.2, -0.15) is 5.10 Å². The Hall–Kier alpha value is -1.01. The fourth-order valence-electron chi connectivity index (χ4n) is 1.50. The first-order valence-electron chi connectivity index (χ1n) is 5.36. The van der Waals surface area contributed by atoms with Crippen LogP contribution < -0.4 is 5.32 Å². The van der Waals surface area contributed by atoms with Gasteiger partial charge in [0.05, 0.1) is 10.6 Å². The minimum atomic E-state index is -1.80. The number of alkyl halides is 3. The maximum Gasteiger partial charge on any atom is 0.254 e. The summed E-state index contributed by atoms with van der Waals surface area (Å²) in [5, 5.41) is 6.71. The van der Waals surface area contributed by atoms with Gasteiger partial charge >= 0.3 is 0 Å². The smallest absolute Gasteiger partial charge is 0.254 e. The van der Waals surface area contributed by atoms with Crippen LogP contribution >= 0.6 is 46.4 Å². The third-order valence-corrected chi connectivity index (χ3v) is 3.35. The summed E-state index contributed by atoms with van der Waals surface area (Å²) < 4.78 is -0.563. The van der Waals surface area contributed by atoms with Crippen molar-refractivity contribution in [1.82, 2.24) is 20.1 Å². The Labute approximate surface area is 134 Å². The number of rotatable bonds is 3. The van der Waals surface area contributed by atoms with E-state index in [2.05, 4.69) is 15.4 Å². The number of hydrogen-bond donors (Lipinski definition) is 1. The van der Waals surface area contributed by atoms with E-state index in [9.17, 15) is 4.79 Å². The molecule has 0 saturated carbocycles. The molecule has 0 bridgehead atoms. The van der Waals surface area contributed by atoms with Crippen LogP contribution in [0.2, 0.25) is 5.02 Å². The van der Waals surface area contributed by atoms with Crippen molar-refractivity contribution in [2.75, 3.05) is 0 Å². The van der Waals surface area contributed by atoms with Gasteiger partial charge in [-0.15, -0.1) is 0 Å². The van der Waals surface area contributed by atoms with Gasteiger partial charge in [-0.05, 0) is 12.1 Å². The molecule has 0 aliphatic carbocycles. The van der Waals surface area contributed by atoms with E-state index in [1.54, 1.807) is 24.3 Å². The van der Waals surface area contributed by atoms with Gasteiger partial charge in [0.15, 0.2) is 6.17 Å². The second kappa shape index (κ2) is 6.18. The first-order chi connectivity index (χ1) is 9.39. The van der Waals surface area contributed by atoms with E-state index in [0.29, 0.717) is 5.02 Å². The highest BCUT2D eigenvalue weighted by molar-refractivity contribution is 6.67. The van der Waals surface area contributed by atoms with Crippen LogP contribution in [0.25, 0.3) is 0 Å². The Morgan fingerprint density at radius 1 is 1.30 bits per heavy atom. The number of hydrogen-bond acceptors (Lipinski definition) is 3. The minimum Gasteiger partial charge on any atom is -0.326 e. The molecule has 1 atom stereocenters. The fourth-order valence-corrected chi connectivity index (χ4v) is 2.18. The third-order valence-electron chi connectivity index (χ3n) is 2.40. The third kappa shape index (κ3) is 3.55. The first-order valence-corrected chi connectivity index (χ1v) is 6.87. The number of nitrogens with zero attached hydrogens (tertiary/aromatic N) is 3. The zero-order chi connectivity index (χ0) is 14.8. The zero-order valence-corrected chi connectivity index (χ0v) is 12.8. The lowest BCUT2D eigenvalue weighted by Crippen LogP contribution is -2.40. The summed E-state index contributed by atoms with van der Waals surface area (Å²) in [4.78, 5) is 15.9. The Kier molecular flexibility index (Phi) is 4.75. The SMILES string of the molecule is O=C(N[C@H](n1cncn1)C(Cl)(Cl)Cl)c1ccccc1Cl. The monoisotopic (exact) mass is 352 g/mol. The number of aromatic nitrogens is 3. The van der Waals surface area contributed by atoms with E-state index in [1.165, 1.54) is 17.3 Å². The lowest BCUT2D eigenvalue weighted by atomic mass is 10.2. The lowest BCUT2D eigenvalue weighted by Gasteiger charge is -2.25. The molecule has 2 aromatic rings. The molecule has 2 rings (SSSR count). The summed E-state index contributed by atoms with van der Waals surface area (Å²) in [6.45, 7) is 0. The summed E-state index contributed by atoms with van der Waals surface area (Å²) in [6, 6.07) is 6.55. The molecule has 9 heteroatoms. The normalized spacial score (nSPS) is 13.0. The maximum atomic E-state index is 12.2.